The third kappa shape index (κ3) is 15.2. The van der Waals surface area contributed by atoms with E-state index in [2.05, 4.69) is 12.2 Å². The quantitative estimate of drug-likeness (QED) is 0.346. The lowest BCUT2D eigenvalue weighted by atomic mass is 10.1. The Morgan fingerprint density at radius 1 is 0.846 bits per heavy atom. The average Bonchev–Trinajstić information content (AvgIpc) is 2.58. The van der Waals surface area contributed by atoms with E-state index < -0.39 is 12.0 Å². The molecule has 26 heavy (non-hydrogen) atoms. The van der Waals surface area contributed by atoms with Crippen LogP contribution in [0.15, 0.2) is 0 Å². The minimum absolute atomic E-state index is 0.131. The first-order valence-electron chi connectivity index (χ1n) is 10.6. The van der Waals surface area contributed by atoms with Crippen molar-refractivity contribution in [3.05, 3.63) is 0 Å². The molecule has 0 aromatic heterocycles. The lowest BCUT2D eigenvalue weighted by molar-refractivity contribution is -0.142. The number of nitrogens with one attached hydrogen (secondary N) is 1. The van der Waals surface area contributed by atoms with Gasteiger partial charge in [0.15, 0.2) is 0 Å². The highest BCUT2D eigenvalue weighted by Crippen LogP contribution is 2.11. The molecular formula is C21H42N2O3. The van der Waals surface area contributed by atoms with Crippen molar-refractivity contribution in [1.82, 2.24) is 10.2 Å². The molecule has 154 valence electrons. The Balaban J connectivity index is 3.41. The Hall–Kier alpha value is -1.10. The maximum atomic E-state index is 11.8. The molecule has 0 aliphatic heterocycles. The topological polar surface area (TPSA) is 69.6 Å². The van der Waals surface area contributed by atoms with Crippen LogP contribution >= 0.6 is 0 Å². The molecule has 0 aromatic rings. The highest BCUT2D eigenvalue weighted by Gasteiger charge is 2.18. The predicted molar refractivity (Wildman–Crippen MR) is 108 cm³/mol. The molecule has 0 aromatic carbocycles. The van der Waals surface area contributed by atoms with Gasteiger partial charge >= 0.3 is 5.97 Å². The van der Waals surface area contributed by atoms with Gasteiger partial charge in [-0.2, -0.15) is 0 Å². The van der Waals surface area contributed by atoms with Crippen LogP contribution in [0, 0.1) is 0 Å². The number of rotatable bonds is 18. The van der Waals surface area contributed by atoms with Gasteiger partial charge in [0.2, 0.25) is 5.91 Å². The van der Waals surface area contributed by atoms with Crippen LogP contribution in [0.2, 0.25) is 0 Å². The van der Waals surface area contributed by atoms with E-state index in [1.165, 1.54) is 51.4 Å². The fourth-order valence-corrected chi connectivity index (χ4v) is 3.15. The normalized spacial score (nSPS) is 12.3. The largest absolute Gasteiger partial charge is 0.480 e. The number of carboxylic acid groups (broad SMARTS) is 1. The van der Waals surface area contributed by atoms with E-state index in [1.807, 2.05) is 0 Å². The number of carbonyl (C=O) groups excluding carboxylic acids is 1. The van der Waals surface area contributed by atoms with E-state index in [-0.39, 0.29) is 5.91 Å². The van der Waals surface area contributed by atoms with E-state index in [4.69, 9.17) is 5.11 Å². The van der Waals surface area contributed by atoms with Crippen LogP contribution in [0.5, 0.6) is 0 Å². The summed E-state index contributed by atoms with van der Waals surface area (Å²) in [4.78, 5) is 24.6. The van der Waals surface area contributed by atoms with E-state index in [0.717, 1.165) is 25.7 Å². The Morgan fingerprint density at radius 3 is 1.88 bits per heavy atom. The van der Waals surface area contributed by atoms with Crippen molar-refractivity contribution in [3.8, 4) is 0 Å². The summed E-state index contributed by atoms with van der Waals surface area (Å²) in [6, 6.07) is -0.433. The molecule has 0 unspecified atom stereocenters. The fourth-order valence-electron chi connectivity index (χ4n) is 3.15. The van der Waals surface area contributed by atoms with Crippen molar-refractivity contribution in [2.75, 3.05) is 20.6 Å². The summed E-state index contributed by atoms with van der Waals surface area (Å²) in [7, 11) is 3.57. The number of likely N-dealkylation sites (N-methyl/N-ethyl adjacent to an activating group) is 1. The molecule has 0 radical (unpaired) electrons. The average molecular weight is 371 g/mol. The lowest BCUT2D eigenvalue weighted by Crippen LogP contribution is -2.35. The molecule has 5 nitrogen and oxygen atoms in total. The summed E-state index contributed by atoms with van der Waals surface area (Å²) < 4.78 is 0. The monoisotopic (exact) mass is 370 g/mol. The standard InChI is InChI=1S/C21H42N2O3/c1-4-5-6-7-8-9-10-11-12-13-17-20(24)22-18-15-14-16-19(21(25)26)23(2)3/h19H,4-18H2,1-3H3,(H,22,24)(H,25,26)/t19-/m0/s1. The summed E-state index contributed by atoms with van der Waals surface area (Å²) in [6.07, 6.45) is 15.7. The molecule has 1 amide bonds. The molecule has 0 heterocycles. The van der Waals surface area contributed by atoms with Gasteiger partial charge in [0.25, 0.3) is 0 Å². The number of nitrogens with zero attached hydrogens (tertiary/aromatic N) is 1. The van der Waals surface area contributed by atoms with Gasteiger partial charge < -0.3 is 10.4 Å². The van der Waals surface area contributed by atoms with Gasteiger partial charge in [-0.05, 0) is 39.8 Å². The van der Waals surface area contributed by atoms with Gasteiger partial charge in [-0.3, -0.25) is 14.5 Å². The third-order valence-electron chi connectivity index (χ3n) is 4.89. The van der Waals surface area contributed by atoms with Crippen LogP contribution in [-0.2, 0) is 9.59 Å². The SMILES string of the molecule is CCCCCCCCCCCCC(=O)NCCCC[C@@H](C(=O)O)N(C)C. The van der Waals surface area contributed by atoms with Crippen LogP contribution in [0.3, 0.4) is 0 Å². The number of carboxylic acids is 1. The molecule has 0 bridgehead atoms. The summed E-state index contributed by atoms with van der Waals surface area (Å²) >= 11 is 0. The van der Waals surface area contributed by atoms with E-state index in [0.29, 0.717) is 19.4 Å². The second-order valence-corrected chi connectivity index (χ2v) is 7.60. The highest BCUT2D eigenvalue weighted by molar-refractivity contribution is 5.75. The van der Waals surface area contributed by atoms with Crippen LogP contribution in [-0.4, -0.2) is 48.6 Å². The van der Waals surface area contributed by atoms with Crippen LogP contribution < -0.4 is 5.32 Å². The minimum Gasteiger partial charge on any atom is -0.480 e. The molecule has 2 N–H and O–H groups in total. The van der Waals surface area contributed by atoms with Crippen molar-refractivity contribution in [2.24, 2.45) is 0 Å². The Bertz CT molecular complexity index is 359. The van der Waals surface area contributed by atoms with E-state index in [9.17, 15) is 9.59 Å². The summed E-state index contributed by atoms with van der Waals surface area (Å²) in [5.41, 5.74) is 0. The summed E-state index contributed by atoms with van der Waals surface area (Å²) in [5.74, 6) is -0.646. The number of amides is 1. The van der Waals surface area contributed by atoms with Crippen LogP contribution in [0.1, 0.15) is 96.8 Å². The molecule has 0 saturated carbocycles. The molecule has 0 aliphatic rings. The zero-order valence-corrected chi connectivity index (χ0v) is 17.4. The molecule has 1 atom stereocenters. The molecule has 0 aliphatic carbocycles. The number of hydrogen-bond donors (Lipinski definition) is 2. The summed E-state index contributed by atoms with van der Waals surface area (Å²) in [5, 5.41) is 12.0. The van der Waals surface area contributed by atoms with E-state index >= 15 is 0 Å². The lowest BCUT2D eigenvalue weighted by Gasteiger charge is -2.19. The third-order valence-corrected chi connectivity index (χ3v) is 4.89. The Kier molecular flexibility index (Phi) is 16.6. The van der Waals surface area contributed by atoms with Crippen LogP contribution in [0.4, 0.5) is 0 Å². The second-order valence-electron chi connectivity index (χ2n) is 7.60. The first-order valence-corrected chi connectivity index (χ1v) is 10.6. The van der Waals surface area contributed by atoms with Gasteiger partial charge in [0.05, 0.1) is 0 Å². The number of carbonyl (C=O) groups is 2. The van der Waals surface area contributed by atoms with Crippen molar-refractivity contribution in [2.45, 2.75) is 103 Å². The predicted octanol–water partition coefficient (Wildman–Crippen LogP) is 4.60. The highest BCUT2D eigenvalue weighted by atomic mass is 16.4. The zero-order chi connectivity index (χ0) is 19.6. The van der Waals surface area contributed by atoms with Crippen molar-refractivity contribution in [3.63, 3.8) is 0 Å². The van der Waals surface area contributed by atoms with Crippen molar-refractivity contribution >= 4 is 11.9 Å². The maximum absolute atomic E-state index is 11.8. The number of aliphatic carboxylic acids is 1. The van der Waals surface area contributed by atoms with Gasteiger partial charge in [-0.25, -0.2) is 0 Å². The maximum Gasteiger partial charge on any atom is 0.320 e. The van der Waals surface area contributed by atoms with Gasteiger partial charge in [0, 0.05) is 13.0 Å². The smallest absolute Gasteiger partial charge is 0.320 e. The van der Waals surface area contributed by atoms with Gasteiger partial charge in [0.1, 0.15) is 6.04 Å². The van der Waals surface area contributed by atoms with Gasteiger partial charge in [-0.15, -0.1) is 0 Å². The molecule has 0 fully saturated rings. The zero-order valence-electron chi connectivity index (χ0n) is 17.4. The molecular weight excluding hydrogens is 328 g/mol. The first kappa shape index (κ1) is 24.9. The minimum atomic E-state index is -0.778. The Morgan fingerprint density at radius 2 is 1.38 bits per heavy atom. The Labute approximate surface area is 160 Å². The molecule has 0 rings (SSSR count). The number of hydrogen-bond acceptors (Lipinski definition) is 3. The summed E-state index contributed by atoms with van der Waals surface area (Å²) in [6.45, 7) is 2.90. The van der Waals surface area contributed by atoms with Crippen molar-refractivity contribution in [1.29, 1.82) is 0 Å². The van der Waals surface area contributed by atoms with Gasteiger partial charge in [-0.1, -0.05) is 64.7 Å². The number of unbranched alkanes of at least 4 members (excludes halogenated alkanes) is 10. The second kappa shape index (κ2) is 17.3. The molecule has 5 heteroatoms. The van der Waals surface area contributed by atoms with E-state index in [1.54, 1.807) is 19.0 Å². The first-order chi connectivity index (χ1) is 12.5. The molecule has 0 saturated heterocycles. The van der Waals surface area contributed by atoms with Crippen LogP contribution in [0.25, 0.3) is 0 Å². The van der Waals surface area contributed by atoms with Crippen molar-refractivity contribution < 1.29 is 14.7 Å². The molecule has 0 spiro atoms. The fraction of sp³-hybridized carbons (Fsp3) is 0.905.